The Morgan fingerprint density at radius 1 is 1.40 bits per heavy atom. The number of carboxylic acid groups (broad SMARTS) is 1. The number of carbonyl (C=O) groups is 1. The first-order valence-electron chi connectivity index (χ1n) is 4.80. The zero-order valence-corrected chi connectivity index (χ0v) is 8.66. The van der Waals surface area contributed by atoms with Crippen LogP contribution in [-0.4, -0.2) is 53.0 Å². The summed E-state index contributed by atoms with van der Waals surface area (Å²) in [6.07, 6.45) is -4.18. The number of aliphatic hydroxyl groups excluding tert-OH is 2. The average Bonchev–Trinajstić information content (AvgIpc) is 2.21. The largest absolute Gasteiger partial charge is 0.479 e. The highest BCUT2D eigenvalue weighted by molar-refractivity contribution is 5.73. The number of aliphatic carboxylic acids is 1. The monoisotopic (exact) mass is 220 g/mol. The molecule has 0 aliphatic carbocycles. The summed E-state index contributed by atoms with van der Waals surface area (Å²) in [6.45, 7) is 1.73. The number of ether oxygens (including phenoxy) is 2. The van der Waals surface area contributed by atoms with E-state index in [-0.39, 0.29) is 0 Å². The van der Waals surface area contributed by atoms with Gasteiger partial charge in [-0.3, -0.25) is 0 Å². The van der Waals surface area contributed by atoms with Crippen molar-refractivity contribution in [3.05, 3.63) is 0 Å². The molecule has 0 spiro atoms. The molecule has 0 aromatic carbocycles. The summed E-state index contributed by atoms with van der Waals surface area (Å²) in [5.74, 6) is -1.78. The highest BCUT2D eigenvalue weighted by Crippen LogP contribution is 2.28. The van der Waals surface area contributed by atoms with Crippen molar-refractivity contribution in [2.75, 3.05) is 7.11 Å². The van der Waals surface area contributed by atoms with Crippen molar-refractivity contribution in [1.82, 2.24) is 0 Å². The second kappa shape index (κ2) is 4.89. The third-order valence-electron chi connectivity index (χ3n) is 2.68. The molecule has 1 fully saturated rings. The molecule has 1 aliphatic heterocycles. The molecule has 0 aromatic rings. The van der Waals surface area contributed by atoms with Crippen molar-refractivity contribution in [1.29, 1.82) is 0 Å². The minimum absolute atomic E-state index is 0.408. The molecule has 1 heterocycles. The van der Waals surface area contributed by atoms with E-state index in [2.05, 4.69) is 0 Å². The Labute approximate surface area is 87.4 Å². The first-order valence-corrected chi connectivity index (χ1v) is 4.80. The van der Waals surface area contributed by atoms with Crippen molar-refractivity contribution in [3.8, 4) is 0 Å². The van der Waals surface area contributed by atoms with Gasteiger partial charge in [-0.15, -0.1) is 0 Å². The van der Waals surface area contributed by atoms with Gasteiger partial charge in [0.1, 0.15) is 6.10 Å². The van der Waals surface area contributed by atoms with Gasteiger partial charge in [-0.05, 0) is 6.42 Å². The van der Waals surface area contributed by atoms with Crippen LogP contribution in [-0.2, 0) is 14.3 Å². The molecule has 88 valence electrons. The van der Waals surface area contributed by atoms with E-state index in [1.807, 2.05) is 0 Å². The molecule has 0 aromatic heterocycles. The quantitative estimate of drug-likeness (QED) is 0.575. The fourth-order valence-electron chi connectivity index (χ4n) is 1.81. The minimum Gasteiger partial charge on any atom is -0.479 e. The summed E-state index contributed by atoms with van der Waals surface area (Å²) in [4.78, 5) is 10.9. The fraction of sp³-hybridized carbons (Fsp3) is 0.889. The van der Waals surface area contributed by atoms with Crippen LogP contribution in [0.25, 0.3) is 0 Å². The van der Waals surface area contributed by atoms with Gasteiger partial charge in [0.2, 0.25) is 0 Å². The SMILES string of the molecule is CCC1C(C(=O)O)OC(OC)C(O)C1O. The van der Waals surface area contributed by atoms with Gasteiger partial charge in [-0.25, -0.2) is 4.79 Å². The Morgan fingerprint density at radius 2 is 2.00 bits per heavy atom. The second-order valence-electron chi connectivity index (χ2n) is 3.55. The lowest BCUT2D eigenvalue weighted by atomic mass is 9.87. The van der Waals surface area contributed by atoms with Crippen LogP contribution in [0.15, 0.2) is 0 Å². The van der Waals surface area contributed by atoms with Crippen molar-refractivity contribution in [2.45, 2.75) is 37.9 Å². The smallest absolute Gasteiger partial charge is 0.333 e. The van der Waals surface area contributed by atoms with Gasteiger partial charge in [0.15, 0.2) is 12.4 Å². The Bertz CT molecular complexity index is 231. The van der Waals surface area contributed by atoms with Crippen LogP contribution in [0.2, 0.25) is 0 Å². The van der Waals surface area contributed by atoms with E-state index >= 15 is 0 Å². The van der Waals surface area contributed by atoms with E-state index < -0.39 is 36.5 Å². The van der Waals surface area contributed by atoms with Crippen molar-refractivity contribution in [2.24, 2.45) is 5.92 Å². The van der Waals surface area contributed by atoms with Gasteiger partial charge in [0, 0.05) is 13.0 Å². The number of carboxylic acids is 1. The Balaban J connectivity index is 2.84. The van der Waals surface area contributed by atoms with Crippen LogP contribution in [0.3, 0.4) is 0 Å². The molecule has 0 bridgehead atoms. The zero-order valence-electron chi connectivity index (χ0n) is 8.66. The number of aliphatic hydroxyl groups is 2. The minimum atomic E-state index is -1.21. The van der Waals surface area contributed by atoms with Gasteiger partial charge < -0.3 is 24.8 Å². The van der Waals surface area contributed by atoms with Crippen LogP contribution in [0.5, 0.6) is 0 Å². The van der Waals surface area contributed by atoms with Crippen LogP contribution in [0, 0.1) is 5.92 Å². The lowest BCUT2D eigenvalue weighted by Crippen LogP contribution is -2.57. The molecule has 1 rings (SSSR count). The van der Waals surface area contributed by atoms with E-state index in [9.17, 15) is 15.0 Å². The number of rotatable bonds is 3. The molecular formula is C9H16O6. The standard InChI is InChI=1S/C9H16O6/c1-3-4-5(10)6(11)9(14-2)15-7(4)8(12)13/h4-7,9-11H,3H2,1-2H3,(H,12,13). The molecule has 6 nitrogen and oxygen atoms in total. The Kier molecular flexibility index (Phi) is 4.04. The third kappa shape index (κ3) is 2.28. The highest BCUT2D eigenvalue weighted by Gasteiger charge is 2.46. The van der Waals surface area contributed by atoms with Gasteiger partial charge in [-0.2, -0.15) is 0 Å². The van der Waals surface area contributed by atoms with E-state index in [1.165, 1.54) is 7.11 Å². The average molecular weight is 220 g/mol. The molecular weight excluding hydrogens is 204 g/mol. The summed E-state index contributed by atoms with van der Waals surface area (Å²) < 4.78 is 9.80. The van der Waals surface area contributed by atoms with Crippen LogP contribution < -0.4 is 0 Å². The summed E-state index contributed by atoms with van der Waals surface area (Å²) in [7, 11) is 1.28. The Hall–Kier alpha value is -0.690. The van der Waals surface area contributed by atoms with Crippen molar-refractivity contribution < 1.29 is 29.6 Å². The van der Waals surface area contributed by atoms with Gasteiger partial charge in [-0.1, -0.05) is 6.92 Å². The lowest BCUT2D eigenvalue weighted by molar-refractivity contribution is -0.276. The number of methoxy groups -OCH3 is 1. The molecule has 5 unspecified atom stereocenters. The maximum Gasteiger partial charge on any atom is 0.333 e. The summed E-state index contributed by atoms with van der Waals surface area (Å²) in [5, 5.41) is 28.1. The third-order valence-corrected chi connectivity index (χ3v) is 2.68. The molecule has 0 radical (unpaired) electrons. The van der Waals surface area contributed by atoms with E-state index in [1.54, 1.807) is 6.92 Å². The molecule has 15 heavy (non-hydrogen) atoms. The molecule has 1 aliphatic rings. The Morgan fingerprint density at radius 3 is 2.40 bits per heavy atom. The van der Waals surface area contributed by atoms with E-state index in [0.29, 0.717) is 6.42 Å². The van der Waals surface area contributed by atoms with Gasteiger partial charge in [0.05, 0.1) is 6.10 Å². The maximum absolute atomic E-state index is 10.9. The zero-order chi connectivity index (χ0) is 11.6. The van der Waals surface area contributed by atoms with Crippen LogP contribution >= 0.6 is 0 Å². The maximum atomic E-state index is 10.9. The molecule has 3 N–H and O–H groups in total. The lowest BCUT2D eigenvalue weighted by Gasteiger charge is -2.40. The van der Waals surface area contributed by atoms with Crippen molar-refractivity contribution >= 4 is 5.97 Å². The van der Waals surface area contributed by atoms with Gasteiger partial charge >= 0.3 is 5.97 Å². The summed E-state index contributed by atoms with van der Waals surface area (Å²) in [6, 6.07) is 0. The van der Waals surface area contributed by atoms with Gasteiger partial charge in [0.25, 0.3) is 0 Å². The number of hydrogen-bond donors (Lipinski definition) is 3. The highest BCUT2D eigenvalue weighted by atomic mass is 16.7. The number of hydrogen-bond acceptors (Lipinski definition) is 5. The summed E-state index contributed by atoms with van der Waals surface area (Å²) in [5.41, 5.74) is 0. The fourth-order valence-corrected chi connectivity index (χ4v) is 1.81. The first kappa shape index (κ1) is 12.4. The van der Waals surface area contributed by atoms with Crippen LogP contribution in [0.1, 0.15) is 13.3 Å². The molecule has 0 saturated carbocycles. The normalized spacial score (nSPS) is 41.5. The molecule has 5 atom stereocenters. The topological polar surface area (TPSA) is 96.2 Å². The first-order chi connectivity index (χ1) is 7.02. The molecule has 6 heteroatoms. The molecule has 0 amide bonds. The van der Waals surface area contributed by atoms with E-state index in [0.717, 1.165) is 0 Å². The second-order valence-corrected chi connectivity index (χ2v) is 3.55. The van der Waals surface area contributed by atoms with E-state index in [4.69, 9.17) is 14.6 Å². The summed E-state index contributed by atoms with van der Waals surface area (Å²) >= 11 is 0. The molecule has 1 saturated heterocycles. The van der Waals surface area contributed by atoms with Crippen molar-refractivity contribution in [3.63, 3.8) is 0 Å². The van der Waals surface area contributed by atoms with Crippen LogP contribution in [0.4, 0.5) is 0 Å². The predicted molar refractivity (Wildman–Crippen MR) is 49.1 cm³/mol. The predicted octanol–water partition coefficient (Wildman–Crippen LogP) is -0.810.